The maximum atomic E-state index is 5.62. The van der Waals surface area contributed by atoms with Gasteiger partial charge in [-0.1, -0.05) is 0 Å². The lowest BCUT2D eigenvalue weighted by molar-refractivity contribution is 0.228. The van der Waals surface area contributed by atoms with E-state index in [-0.39, 0.29) is 36.8 Å². The molecule has 0 fully saturated rings. The molecule has 1 aliphatic rings. The van der Waals surface area contributed by atoms with Gasteiger partial charge < -0.3 is 10.5 Å². The molecule has 0 saturated carbocycles. The van der Waals surface area contributed by atoms with Crippen LogP contribution < -0.4 is 10.5 Å². The number of pyridine rings is 1. The van der Waals surface area contributed by atoms with Crippen molar-refractivity contribution in [1.29, 1.82) is 0 Å². The van der Waals surface area contributed by atoms with Crippen molar-refractivity contribution in [3.8, 4) is 5.75 Å². The zero-order valence-corrected chi connectivity index (χ0v) is 9.48. The van der Waals surface area contributed by atoms with Crippen LogP contribution in [0.15, 0.2) is 18.3 Å². The molecule has 0 radical (unpaired) electrons. The van der Waals surface area contributed by atoms with Gasteiger partial charge in [-0.25, -0.2) is 0 Å². The van der Waals surface area contributed by atoms with Gasteiger partial charge in [-0.15, -0.1) is 24.8 Å². The Morgan fingerprint density at radius 3 is 2.86 bits per heavy atom. The van der Waals surface area contributed by atoms with E-state index in [4.69, 9.17) is 10.5 Å². The standard InChI is InChI=1S/C9H12N2O.2ClH/c1-6-7(5-10)9-8(12-6)3-2-4-11-9;;/h2-4,6-7H,5,10H2,1H3;2*1H/t6-,7+;;/m1../s1. The van der Waals surface area contributed by atoms with Crippen LogP contribution in [0.25, 0.3) is 0 Å². The van der Waals surface area contributed by atoms with Crippen LogP contribution in [0.2, 0.25) is 0 Å². The third-order valence-corrected chi connectivity index (χ3v) is 2.28. The molecule has 0 unspecified atom stereocenters. The molecule has 2 heterocycles. The molecule has 2 N–H and O–H groups in total. The number of aromatic nitrogens is 1. The molecular formula is C9H14Cl2N2O. The van der Waals surface area contributed by atoms with Gasteiger partial charge in [-0.2, -0.15) is 0 Å². The van der Waals surface area contributed by atoms with E-state index in [0.29, 0.717) is 6.54 Å². The molecular weight excluding hydrogens is 223 g/mol. The largest absolute Gasteiger partial charge is 0.488 e. The molecule has 0 bridgehead atoms. The molecule has 0 saturated heterocycles. The van der Waals surface area contributed by atoms with Crippen LogP contribution in [0.3, 0.4) is 0 Å². The first-order valence-corrected chi connectivity index (χ1v) is 4.14. The van der Waals surface area contributed by atoms with E-state index in [1.807, 2.05) is 19.1 Å². The Bertz CT molecular complexity index is 296. The van der Waals surface area contributed by atoms with Crippen LogP contribution in [0.1, 0.15) is 18.5 Å². The lowest BCUT2D eigenvalue weighted by atomic mass is 10.0. The van der Waals surface area contributed by atoms with Crippen LogP contribution in [-0.2, 0) is 0 Å². The first-order valence-electron chi connectivity index (χ1n) is 4.14. The summed E-state index contributed by atoms with van der Waals surface area (Å²) in [7, 11) is 0. The fourth-order valence-electron chi connectivity index (χ4n) is 1.59. The highest BCUT2D eigenvalue weighted by Gasteiger charge is 2.30. The minimum absolute atomic E-state index is 0. The van der Waals surface area contributed by atoms with E-state index >= 15 is 0 Å². The first-order chi connectivity index (χ1) is 5.83. The molecule has 0 spiro atoms. The topological polar surface area (TPSA) is 48.1 Å². The highest BCUT2D eigenvalue weighted by molar-refractivity contribution is 5.85. The van der Waals surface area contributed by atoms with Crippen LogP contribution in [0.4, 0.5) is 0 Å². The molecule has 14 heavy (non-hydrogen) atoms. The van der Waals surface area contributed by atoms with Gasteiger partial charge in [-0.05, 0) is 19.1 Å². The SMILES string of the molecule is C[C@H]1Oc2cccnc2[C@H]1CN.Cl.Cl. The summed E-state index contributed by atoms with van der Waals surface area (Å²) in [6.07, 6.45) is 1.95. The fraction of sp³-hybridized carbons (Fsp3) is 0.444. The van der Waals surface area contributed by atoms with Gasteiger partial charge in [0.1, 0.15) is 11.9 Å². The number of halogens is 2. The van der Waals surface area contributed by atoms with Gasteiger partial charge in [0.15, 0.2) is 0 Å². The fourth-order valence-corrected chi connectivity index (χ4v) is 1.59. The van der Waals surface area contributed by atoms with Gasteiger partial charge in [0, 0.05) is 12.7 Å². The van der Waals surface area contributed by atoms with Gasteiger partial charge in [-0.3, -0.25) is 4.98 Å². The van der Waals surface area contributed by atoms with Gasteiger partial charge in [0.05, 0.1) is 11.6 Å². The normalized spacial score (nSPS) is 22.7. The Morgan fingerprint density at radius 2 is 2.21 bits per heavy atom. The predicted molar refractivity (Wildman–Crippen MR) is 60.6 cm³/mol. The third-order valence-electron chi connectivity index (χ3n) is 2.28. The quantitative estimate of drug-likeness (QED) is 0.809. The van der Waals surface area contributed by atoms with Gasteiger partial charge >= 0.3 is 0 Å². The predicted octanol–water partition coefficient (Wildman–Crippen LogP) is 1.75. The number of hydrogen-bond acceptors (Lipinski definition) is 3. The van der Waals surface area contributed by atoms with Crippen molar-refractivity contribution < 1.29 is 4.74 Å². The van der Waals surface area contributed by atoms with E-state index in [1.54, 1.807) is 6.20 Å². The smallest absolute Gasteiger partial charge is 0.141 e. The molecule has 0 aromatic carbocycles. The molecule has 3 nitrogen and oxygen atoms in total. The van der Waals surface area contributed by atoms with E-state index in [1.165, 1.54) is 0 Å². The van der Waals surface area contributed by atoms with E-state index in [2.05, 4.69) is 4.98 Å². The summed E-state index contributed by atoms with van der Waals surface area (Å²) in [6.45, 7) is 2.63. The molecule has 80 valence electrons. The maximum absolute atomic E-state index is 5.62. The second-order valence-corrected chi connectivity index (χ2v) is 3.05. The summed E-state index contributed by atoms with van der Waals surface area (Å²) in [5.74, 6) is 1.15. The van der Waals surface area contributed by atoms with Crippen molar-refractivity contribution in [1.82, 2.24) is 4.98 Å². The molecule has 1 aromatic rings. The van der Waals surface area contributed by atoms with Crippen LogP contribution in [0.5, 0.6) is 5.75 Å². The molecule has 2 rings (SSSR count). The molecule has 0 amide bonds. The van der Waals surface area contributed by atoms with Crippen LogP contribution >= 0.6 is 24.8 Å². The van der Waals surface area contributed by atoms with Crippen molar-refractivity contribution in [3.63, 3.8) is 0 Å². The Kier molecular flexibility index (Phi) is 5.19. The number of fused-ring (bicyclic) bond motifs is 1. The van der Waals surface area contributed by atoms with Crippen molar-refractivity contribution in [3.05, 3.63) is 24.0 Å². The number of rotatable bonds is 1. The third kappa shape index (κ3) is 2.11. The molecule has 2 atom stereocenters. The summed E-state index contributed by atoms with van der Waals surface area (Å²) >= 11 is 0. The first kappa shape index (κ1) is 13.5. The lowest BCUT2D eigenvalue weighted by Gasteiger charge is -2.10. The average molecular weight is 237 g/mol. The zero-order chi connectivity index (χ0) is 8.55. The molecule has 0 aliphatic carbocycles. The summed E-state index contributed by atoms with van der Waals surface area (Å²) in [4.78, 5) is 4.26. The Balaban J connectivity index is 0.000000845. The summed E-state index contributed by atoms with van der Waals surface area (Å²) in [5.41, 5.74) is 6.63. The Morgan fingerprint density at radius 1 is 1.50 bits per heavy atom. The van der Waals surface area contributed by atoms with Crippen molar-refractivity contribution in [2.75, 3.05) is 6.54 Å². The Hall–Kier alpha value is -0.510. The van der Waals surface area contributed by atoms with Crippen molar-refractivity contribution >= 4 is 24.8 Å². The molecule has 5 heteroatoms. The number of hydrogen-bond donors (Lipinski definition) is 1. The van der Waals surface area contributed by atoms with Crippen LogP contribution in [-0.4, -0.2) is 17.6 Å². The van der Waals surface area contributed by atoms with Crippen molar-refractivity contribution in [2.24, 2.45) is 5.73 Å². The van der Waals surface area contributed by atoms with E-state index < -0.39 is 0 Å². The maximum Gasteiger partial charge on any atom is 0.141 e. The lowest BCUT2D eigenvalue weighted by Crippen LogP contribution is -2.22. The average Bonchev–Trinajstić information content (AvgIpc) is 2.40. The van der Waals surface area contributed by atoms with Crippen LogP contribution in [0, 0.1) is 0 Å². The second-order valence-electron chi connectivity index (χ2n) is 3.05. The number of ether oxygens (including phenoxy) is 1. The number of nitrogens with zero attached hydrogens (tertiary/aromatic N) is 1. The van der Waals surface area contributed by atoms with E-state index in [0.717, 1.165) is 11.4 Å². The zero-order valence-electron chi connectivity index (χ0n) is 7.84. The highest BCUT2D eigenvalue weighted by atomic mass is 35.5. The monoisotopic (exact) mass is 236 g/mol. The second kappa shape index (κ2) is 5.39. The van der Waals surface area contributed by atoms with Gasteiger partial charge in [0.2, 0.25) is 0 Å². The molecule has 1 aromatic heterocycles. The summed E-state index contributed by atoms with van der Waals surface area (Å²) < 4.78 is 5.57. The summed E-state index contributed by atoms with van der Waals surface area (Å²) in [5, 5.41) is 0. The Labute approximate surface area is 95.9 Å². The van der Waals surface area contributed by atoms with Gasteiger partial charge in [0.25, 0.3) is 0 Å². The highest BCUT2D eigenvalue weighted by Crippen LogP contribution is 2.35. The minimum atomic E-state index is 0. The van der Waals surface area contributed by atoms with E-state index in [9.17, 15) is 0 Å². The minimum Gasteiger partial charge on any atom is -0.488 e. The van der Waals surface area contributed by atoms with Crippen molar-refractivity contribution in [2.45, 2.75) is 18.9 Å². The molecule has 1 aliphatic heterocycles. The summed E-state index contributed by atoms with van der Waals surface area (Å²) in [6, 6.07) is 3.82. The number of nitrogens with two attached hydrogens (primary N) is 1.